The molecule has 0 aliphatic carbocycles. The number of rotatable bonds is 8. The van der Waals surface area contributed by atoms with Crippen LogP contribution in [0.4, 0.5) is 0 Å². The highest BCUT2D eigenvalue weighted by molar-refractivity contribution is 7.89. The fraction of sp³-hybridized carbons (Fsp3) is 0.609. The molecule has 0 saturated carbocycles. The highest BCUT2D eigenvalue weighted by Gasteiger charge is 2.35. The number of sulfonamides is 1. The van der Waals surface area contributed by atoms with Crippen LogP contribution < -0.4 is 0 Å². The van der Waals surface area contributed by atoms with Crippen LogP contribution >= 0.6 is 0 Å². The van der Waals surface area contributed by atoms with E-state index in [9.17, 15) is 23.3 Å². The molecule has 1 aromatic carbocycles. The zero-order chi connectivity index (χ0) is 24.8. The summed E-state index contributed by atoms with van der Waals surface area (Å²) in [5.41, 5.74) is -0.546. The molecule has 1 aliphatic heterocycles. The Morgan fingerprint density at radius 1 is 1.15 bits per heavy atom. The summed E-state index contributed by atoms with van der Waals surface area (Å²) in [4.78, 5) is 29.0. The smallest absolute Gasteiger partial charge is 0.326 e. The second-order valence-electron chi connectivity index (χ2n) is 9.44. The standard InChI is InChI=1S/C23H34N4O5S/c1-23(2,3)32-21(28)17-26(15-14-25(4)5)22(29)18-10-12-27(13-11-18)33(30,31)20-9-7-6-8-19(20)16-24/h6-9,18H,10-15,17H2,1-5H3. The number of nitriles is 1. The van der Waals surface area contributed by atoms with Gasteiger partial charge in [-0.1, -0.05) is 12.1 Å². The number of nitrogens with zero attached hydrogens (tertiary/aromatic N) is 4. The minimum Gasteiger partial charge on any atom is -0.459 e. The molecule has 9 nitrogen and oxygen atoms in total. The van der Waals surface area contributed by atoms with Crippen molar-refractivity contribution in [2.24, 2.45) is 5.92 Å². The molecular formula is C23H34N4O5S. The van der Waals surface area contributed by atoms with Crippen molar-refractivity contribution in [3.63, 3.8) is 0 Å². The fourth-order valence-corrected chi connectivity index (χ4v) is 5.25. The van der Waals surface area contributed by atoms with Crippen LogP contribution in [0, 0.1) is 17.2 Å². The molecule has 1 fully saturated rings. The van der Waals surface area contributed by atoms with E-state index in [1.807, 2.05) is 25.1 Å². The SMILES string of the molecule is CN(C)CCN(CC(=O)OC(C)(C)C)C(=O)C1CCN(S(=O)(=O)c2ccccc2C#N)CC1. The number of piperidine rings is 1. The lowest BCUT2D eigenvalue weighted by molar-refractivity contribution is -0.160. The number of amides is 1. The third kappa shape index (κ3) is 7.52. The average molecular weight is 479 g/mol. The lowest BCUT2D eigenvalue weighted by Crippen LogP contribution is -2.48. The number of benzene rings is 1. The van der Waals surface area contributed by atoms with E-state index >= 15 is 0 Å². The number of ether oxygens (including phenoxy) is 1. The first kappa shape index (κ1) is 26.8. The zero-order valence-corrected chi connectivity index (χ0v) is 20.9. The van der Waals surface area contributed by atoms with Crippen molar-refractivity contribution in [3.05, 3.63) is 29.8 Å². The minimum absolute atomic E-state index is 0.0187. The van der Waals surface area contributed by atoms with Gasteiger partial charge in [-0.15, -0.1) is 0 Å². The molecule has 0 N–H and O–H groups in total. The molecule has 0 spiro atoms. The first-order valence-corrected chi connectivity index (χ1v) is 12.4. The molecule has 1 aliphatic rings. The maximum Gasteiger partial charge on any atom is 0.326 e. The van der Waals surface area contributed by atoms with Gasteiger partial charge in [-0.05, 0) is 59.8 Å². The zero-order valence-electron chi connectivity index (χ0n) is 20.1. The van der Waals surface area contributed by atoms with E-state index in [1.165, 1.54) is 21.3 Å². The van der Waals surface area contributed by atoms with E-state index < -0.39 is 21.6 Å². The number of likely N-dealkylation sites (N-methyl/N-ethyl adjacent to an activating group) is 1. The van der Waals surface area contributed by atoms with Crippen molar-refractivity contribution in [1.29, 1.82) is 5.26 Å². The number of hydrogen-bond acceptors (Lipinski definition) is 7. The molecule has 10 heteroatoms. The van der Waals surface area contributed by atoms with Gasteiger partial charge in [0.05, 0.1) is 10.5 Å². The Kier molecular flexibility index (Phi) is 9.00. The molecule has 0 bridgehead atoms. The maximum absolute atomic E-state index is 13.2. The molecule has 2 rings (SSSR count). The van der Waals surface area contributed by atoms with Crippen LogP contribution in [-0.2, 0) is 24.3 Å². The Labute approximate surface area is 196 Å². The van der Waals surface area contributed by atoms with Crippen LogP contribution in [0.2, 0.25) is 0 Å². The molecule has 33 heavy (non-hydrogen) atoms. The van der Waals surface area contributed by atoms with Gasteiger partial charge in [0.15, 0.2) is 0 Å². The van der Waals surface area contributed by atoms with Crippen molar-refractivity contribution in [1.82, 2.24) is 14.1 Å². The van der Waals surface area contributed by atoms with Crippen molar-refractivity contribution in [2.75, 3.05) is 46.8 Å². The Hall–Kier alpha value is -2.48. The van der Waals surface area contributed by atoms with Crippen LogP contribution in [0.25, 0.3) is 0 Å². The summed E-state index contributed by atoms with van der Waals surface area (Å²) in [5, 5.41) is 9.26. The van der Waals surface area contributed by atoms with Gasteiger partial charge < -0.3 is 14.5 Å². The quantitative estimate of drug-likeness (QED) is 0.523. The van der Waals surface area contributed by atoms with Gasteiger partial charge >= 0.3 is 5.97 Å². The normalized spacial score (nSPS) is 15.8. The molecule has 1 amide bonds. The van der Waals surface area contributed by atoms with E-state index in [2.05, 4.69) is 0 Å². The Balaban J connectivity index is 2.08. The summed E-state index contributed by atoms with van der Waals surface area (Å²) in [6, 6.07) is 8.03. The summed E-state index contributed by atoms with van der Waals surface area (Å²) >= 11 is 0. The maximum atomic E-state index is 13.2. The molecule has 182 valence electrons. The minimum atomic E-state index is -3.83. The van der Waals surface area contributed by atoms with Crippen LogP contribution in [0.3, 0.4) is 0 Å². The monoisotopic (exact) mass is 478 g/mol. The van der Waals surface area contributed by atoms with Crippen LogP contribution in [0.1, 0.15) is 39.2 Å². The van der Waals surface area contributed by atoms with Gasteiger partial charge in [-0.3, -0.25) is 9.59 Å². The highest BCUT2D eigenvalue weighted by atomic mass is 32.2. The van der Waals surface area contributed by atoms with Crippen molar-refractivity contribution >= 4 is 21.9 Å². The second kappa shape index (κ2) is 11.1. The average Bonchev–Trinajstić information content (AvgIpc) is 2.74. The second-order valence-corrected chi connectivity index (χ2v) is 11.3. The van der Waals surface area contributed by atoms with E-state index in [-0.39, 0.29) is 41.9 Å². The molecule has 1 heterocycles. The lowest BCUT2D eigenvalue weighted by Gasteiger charge is -2.34. The van der Waals surface area contributed by atoms with Gasteiger partial charge in [0, 0.05) is 32.1 Å². The third-order valence-electron chi connectivity index (χ3n) is 5.30. The first-order chi connectivity index (χ1) is 15.3. The Bertz CT molecular complexity index is 987. The Morgan fingerprint density at radius 3 is 2.30 bits per heavy atom. The van der Waals surface area contributed by atoms with E-state index in [4.69, 9.17) is 4.74 Å². The molecular weight excluding hydrogens is 444 g/mol. The van der Waals surface area contributed by atoms with Gasteiger partial charge in [-0.2, -0.15) is 9.57 Å². The van der Waals surface area contributed by atoms with Crippen molar-refractivity contribution < 1.29 is 22.7 Å². The third-order valence-corrected chi connectivity index (χ3v) is 7.25. The van der Waals surface area contributed by atoms with E-state index in [1.54, 1.807) is 32.9 Å². The summed E-state index contributed by atoms with van der Waals surface area (Å²) in [6.07, 6.45) is 0.694. The molecule has 0 aromatic heterocycles. The number of carbonyl (C=O) groups is 2. The van der Waals surface area contributed by atoms with Gasteiger partial charge in [0.25, 0.3) is 0 Å². The number of hydrogen-bond donors (Lipinski definition) is 0. The molecule has 0 unspecified atom stereocenters. The van der Waals surface area contributed by atoms with Crippen molar-refractivity contribution in [2.45, 2.75) is 44.1 Å². The predicted octanol–water partition coefficient (Wildman–Crippen LogP) is 1.69. The predicted molar refractivity (Wildman–Crippen MR) is 124 cm³/mol. The largest absolute Gasteiger partial charge is 0.459 e. The van der Waals surface area contributed by atoms with E-state index in [0.717, 1.165) is 0 Å². The number of carbonyl (C=O) groups excluding carboxylic acids is 2. The molecule has 0 radical (unpaired) electrons. The van der Waals surface area contributed by atoms with Gasteiger partial charge in [0.2, 0.25) is 15.9 Å². The highest BCUT2D eigenvalue weighted by Crippen LogP contribution is 2.26. The molecule has 1 aromatic rings. The van der Waals surface area contributed by atoms with Gasteiger partial charge in [-0.25, -0.2) is 8.42 Å². The fourth-order valence-electron chi connectivity index (χ4n) is 3.64. The van der Waals surface area contributed by atoms with Gasteiger partial charge in [0.1, 0.15) is 18.2 Å². The van der Waals surface area contributed by atoms with Crippen LogP contribution in [-0.4, -0.2) is 86.8 Å². The van der Waals surface area contributed by atoms with Crippen LogP contribution in [0.15, 0.2) is 29.2 Å². The Morgan fingerprint density at radius 2 is 1.76 bits per heavy atom. The first-order valence-electron chi connectivity index (χ1n) is 11.0. The summed E-state index contributed by atoms with van der Waals surface area (Å²) in [7, 11) is -0.0549. The summed E-state index contributed by atoms with van der Waals surface area (Å²) < 4.78 is 32.8. The van der Waals surface area contributed by atoms with Crippen LogP contribution in [0.5, 0.6) is 0 Å². The lowest BCUT2D eigenvalue weighted by atomic mass is 9.96. The summed E-state index contributed by atoms with van der Waals surface area (Å²) in [5.74, 6) is -1.02. The molecule has 1 saturated heterocycles. The van der Waals surface area contributed by atoms with Crippen molar-refractivity contribution in [3.8, 4) is 6.07 Å². The topological polar surface area (TPSA) is 111 Å². The molecule has 0 atom stereocenters. The van der Waals surface area contributed by atoms with E-state index in [0.29, 0.717) is 25.9 Å². The number of esters is 1. The summed E-state index contributed by atoms with van der Waals surface area (Å²) in [6.45, 7) is 6.50.